The van der Waals surface area contributed by atoms with Gasteiger partial charge in [-0.2, -0.15) is 0 Å². The Morgan fingerprint density at radius 2 is 1.62 bits per heavy atom. The molecule has 1 saturated heterocycles. The zero-order valence-corrected chi connectivity index (χ0v) is 11.6. The zero-order chi connectivity index (χ0) is 15.0. The molecule has 1 N–H and O–H groups in total. The van der Waals surface area contributed by atoms with E-state index in [1.165, 1.54) is 0 Å². The number of rotatable bonds is 2. The number of amides is 1. The van der Waals surface area contributed by atoms with Crippen LogP contribution in [0.4, 0.5) is 0 Å². The normalized spacial score (nSPS) is 28.3. The minimum absolute atomic E-state index is 0.0770. The van der Waals surface area contributed by atoms with Crippen molar-refractivity contribution < 1.29 is 19.5 Å². The molecule has 1 heterocycles. The van der Waals surface area contributed by atoms with E-state index in [4.69, 9.17) is 5.11 Å². The fraction of sp³-hybridized carbons (Fsp3) is 0.438. The van der Waals surface area contributed by atoms with E-state index in [2.05, 4.69) is 0 Å². The Morgan fingerprint density at radius 3 is 2.14 bits per heavy atom. The highest BCUT2D eigenvalue weighted by Crippen LogP contribution is 2.36. The predicted molar refractivity (Wildman–Crippen MR) is 74.7 cm³/mol. The van der Waals surface area contributed by atoms with Crippen LogP contribution in [0, 0.1) is 17.8 Å². The summed E-state index contributed by atoms with van der Waals surface area (Å²) >= 11 is 0. The molecular formula is C16H17NO4. The highest BCUT2D eigenvalue weighted by molar-refractivity contribution is 5.96. The molecule has 0 aromatic heterocycles. The van der Waals surface area contributed by atoms with Crippen LogP contribution < -0.4 is 0 Å². The molecule has 21 heavy (non-hydrogen) atoms. The molecule has 1 amide bonds. The molecule has 3 atom stereocenters. The number of likely N-dealkylation sites (tertiary alicyclic amines) is 1. The minimum atomic E-state index is -0.833. The monoisotopic (exact) mass is 287 g/mol. The molecule has 1 saturated carbocycles. The maximum absolute atomic E-state index is 12.5. The highest BCUT2D eigenvalue weighted by atomic mass is 16.4. The van der Waals surface area contributed by atoms with Crippen molar-refractivity contribution in [3.8, 4) is 0 Å². The van der Waals surface area contributed by atoms with Crippen LogP contribution in [0.5, 0.6) is 0 Å². The molecule has 2 aliphatic rings. The molecule has 110 valence electrons. The quantitative estimate of drug-likeness (QED) is 0.893. The first-order valence-electron chi connectivity index (χ1n) is 7.17. The van der Waals surface area contributed by atoms with Gasteiger partial charge in [0.2, 0.25) is 0 Å². The lowest BCUT2D eigenvalue weighted by molar-refractivity contribution is -0.148. The second-order valence-corrected chi connectivity index (χ2v) is 5.88. The van der Waals surface area contributed by atoms with Crippen LogP contribution in [-0.2, 0) is 9.59 Å². The van der Waals surface area contributed by atoms with E-state index in [9.17, 15) is 14.4 Å². The number of benzene rings is 1. The van der Waals surface area contributed by atoms with Crippen LogP contribution in [0.1, 0.15) is 23.2 Å². The summed E-state index contributed by atoms with van der Waals surface area (Å²) in [5.41, 5.74) is 0.611. The number of nitrogens with zero attached hydrogens (tertiary/aromatic N) is 1. The molecule has 1 aliphatic heterocycles. The number of carboxylic acid groups (broad SMARTS) is 1. The molecule has 1 aromatic rings. The van der Waals surface area contributed by atoms with Crippen molar-refractivity contribution in [1.29, 1.82) is 0 Å². The maximum Gasteiger partial charge on any atom is 0.306 e. The Labute approximate surface area is 122 Å². The van der Waals surface area contributed by atoms with E-state index in [-0.39, 0.29) is 23.5 Å². The largest absolute Gasteiger partial charge is 0.481 e. The van der Waals surface area contributed by atoms with Gasteiger partial charge in [-0.15, -0.1) is 0 Å². The predicted octanol–water partition coefficient (Wildman–Crippen LogP) is 1.44. The summed E-state index contributed by atoms with van der Waals surface area (Å²) < 4.78 is 0. The van der Waals surface area contributed by atoms with E-state index in [0.29, 0.717) is 31.5 Å². The van der Waals surface area contributed by atoms with Gasteiger partial charge in [0, 0.05) is 30.5 Å². The van der Waals surface area contributed by atoms with Crippen molar-refractivity contribution in [2.75, 3.05) is 13.1 Å². The Morgan fingerprint density at radius 1 is 1.05 bits per heavy atom. The van der Waals surface area contributed by atoms with E-state index in [1.54, 1.807) is 17.0 Å². The van der Waals surface area contributed by atoms with Crippen molar-refractivity contribution in [2.45, 2.75) is 12.8 Å². The van der Waals surface area contributed by atoms with Crippen LogP contribution in [0.15, 0.2) is 30.3 Å². The van der Waals surface area contributed by atoms with Gasteiger partial charge in [-0.3, -0.25) is 14.4 Å². The zero-order valence-electron chi connectivity index (χ0n) is 11.6. The number of Topliss-reactive ketones (excluding diaryl/α,β-unsaturated/α-hetero) is 1. The first-order valence-corrected chi connectivity index (χ1v) is 7.17. The van der Waals surface area contributed by atoms with Crippen LogP contribution in [-0.4, -0.2) is 40.8 Å². The number of piperidine rings is 1. The van der Waals surface area contributed by atoms with Crippen molar-refractivity contribution in [3.63, 3.8) is 0 Å². The fourth-order valence-corrected chi connectivity index (χ4v) is 3.42. The number of fused-ring (bicyclic) bond motifs is 2. The Balaban J connectivity index is 1.77. The van der Waals surface area contributed by atoms with E-state index < -0.39 is 11.9 Å². The molecule has 1 aromatic carbocycles. The lowest BCUT2D eigenvalue weighted by atomic mass is 9.71. The van der Waals surface area contributed by atoms with Crippen LogP contribution >= 0.6 is 0 Å². The third kappa shape index (κ3) is 2.55. The summed E-state index contributed by atoms with van der Waals surface area (Å²) in [6.45, 7) is 0.680. The summed E-state index contributed by atoms with van der Waals surface area (Å²) in [6.07, 6.45) is 0.701. The topological polar surface area (TPSA) is 74.7 Å². The number of hydrogen-bond donors (Lipinski definition) is 1. The number of hydrogen-bond acceptors (Lipinski definition) is 3. The lowest BCUT2D eigenvalue weighted by Gasteiger charge is -2.42. The van der Waals surface area contributed by atoms with Crippen LogP contribution in [0.3, 0.4) is 0 Å². The number of ketones is 1. The smallest absolute Gasteiger partial charge is 0.306 e. The van der Waals surface area contributed by atoms with Crippen LogP contribution in [0.2, 0.25) is 0 Å². The maximum atomic E-state index is 12.5. The third-order valence-electron chi connectivity index (χ3n) is 4.48. The van der Waals surface area contributed by atoms with Crippen molar-refractivity contribution >= 4 is 17.7 Å². The Bertz CT molecular complexity index is 565. The molecule has 5 heteroatoms. The fourth-order valence-electron chi connectivity index (χ4n) is 3.42. The van der Waals surface area contributed by atoms with E-state index in [1.807, 2.05) is 18.2 Å². The summed E-state index contributed by atoms with van der Waals surface area (Å²) in [7, 11) is 0. The van der Waals surface area contributed by atoms with Gasteiger partial charge < -0.3 is 10.0 Å². The molecule has 1 unspecified atom stereocenters. The van der Waals surface area contributed by atoms with Crippen LogP contribution in [0.25, 0.3) is 0 Å². The second kappa shape index (κ2) is 5.31. The minimum Gasteiger partial charge on any atom is -0.481 e. The van der Waals surface area contributed by atoms with Crippen molar-refractivity contribution in [1.82, 2.24) is 4.90 Å². The second-order valence-electron chi connectivity index (χ2n) is 5.88. The lowest BCUT2D eigenvalue weighted by Crippen LogP contribution is -2.53. The van der Waals surface area contributed by atoms with Gasteiger partial charge in [0.1, 0.15) is 5.78 Å². The number of carboxylic acids is 1. The van der Waals surface area contributed by atoms with Gasteiger partial charge in [-0.1, -0.05) is 18.2 Å². The van der Waals surface area contributed by atoms with Gasteiger partial charge in [-0.05, 0) is 25.0 Å². The first-order chi connectivity index (χ1) is 10.1. The van der Waals surface area contributed by atoms with Gasteiger partial charge >= 0.3 is 5.97 Å². The average molecular weight is 287 g/mol. The third-order valence-corrected chi connectivity index (χ3v) is 4.48. The summed E-state index contributed by atoms with van der Waals surface area (Å²) in [4.78, 5) is 37.4. The first kappa shape index (κ1) is 13.8. The van der Waals surface area contributed by atoms with Crippen molar-refractivity contribution in [3.05, 3.63) is 35.9 Å². The average Bonchev–Trinajstić information content (AvgIpc) is 2.47. The standard InChI is InChI=1S/C16H17NO4/c18-14-12-6-11(16(20)21)7-13(14)9-17(8-12)15(19)10-4-2-1-3-5-10/h1-5,11-13H,6-9H2,(H,20,21)/t11?,12-,13+. The number of carbonyl (C=O) groups is 3. The molecule has 0 spiro atoms. The summed E-state index contributed by atoms with van der Waals surface area (Å²) in [5.74, 6) is -1.89. The molecule has 1 aliphatic carbocycles. The van der Waals surface area contributed by atoms with Gasteiger partial charge in [0.15, 0.2) is 0 Å². The van der Waals surface area contributed by atoms with E-state index >= 15 is 0 Å². The molecule has 3 rings (SSSR count). The molecule has 0 radical (unpaired) electrons. The Hall–Kier alpha value is -2.17. The SMILES string of the molecule is O=C(O)C1C[C@@H]2CN(C(=O)c3ccccc3)C[C@H](C1)C2=O. The molecule has 2 fully saturated rings. The number of aliphatic carboxylic acids is 1. The van der Waals surface area contributed by atoms with Gasteiger partial charge in [0.05, 0.1) is 5.92 Å². The van der Waals surface area contributed by atoms with Gasteiger partial charge in [0.25, 0.3) is 5.91 Å². The number of carbonyl (C=O) groups excluding carboxylic acids is 2. The van der Waals surface area contributed by atoms with Gasteiger partial charge in [-0.25, -0.2) is 0 Å². The summed E-state index contributed by atoms with van der Waals surface area (Å²) in [5, 5.41) is 9.14. The molecular weight excluding hydrogens is 270 g/mol. The Kier molecular flexibility index (Phi) is 3.49. The van der Waals surface area contributed by atoms with E-state index in [0.717, 1.165) is 0 Å². The summed E-state index contributed by atoms with van der Waals surface area (Å²) in [6, 6.07) is 8.99. The highest BCUT2D eigenvalue weighted by Gasteiger charge is 2.45. The van der Waals surface area contributed by atoms with Crippen molar-refractivity contribution in [2.24, 2.45) is 17.8 Å². The molecule has 2 bridgehead atoms. The molecule has 5 nitrogen and oxygen atoms in total.